The van der Waals surface area contributed by atoms with E-state index in [4.69, 9.17) is 14.0 Å². The molecule has 0 spiro atoms. The number of aromatic nitrogens is 1. The Kier molecular flexibility index (Phi) is 2.69. The molecule has 0 radical (unpaired) electrons. The van der Waals surface area contributed by atoms with Gasteiger partial charge in [0.25, 0.3) is 0 Å². The Balaban J connectivity index is 1.91. The highest BCUT2D eigenvalue weighted by molar-refractivity contribution is 6.62. The Morgan fingerprint density at radius 2 is 1.80 bits per heavy atom. The fourth-order valence-corrected chi connectivity index (χ4v) is 2.20. The topological polar surface area (TPSA) is 43.8 Å². The zero-order valence-electron chi connectivity index (χ0n) is 12.6. The molecule has 6 heteroatoms. The Morgan fingerprint density at radius 3 is 2.40 bits per heavy atom. The monoisotopic (exact) mass is 274 g/mol. The molecule has 0 aliphatic carbocycles. The molecule has 1 aromatic heterocycles. The summed E-state index contributed by atoms with van der Waals surface area (Å²) in [4.78, 5) is 6.22. The van der Waals surface area contributed by atoms with Gasteiger partial charge in [-0.3, -0.25) is 4.90 Å². The molecule has 0 amide bonds. The lowest BCUT2D eigenvalue weighted by Gasteiger charge is -2.32. The van der Waals surface area contributed by atoms with E-state index < -0.39 is 7.12 Å². The van der Waals surface area contributed by atoms with Gasteiger partial charge in [0.2, 0.25) is 0 Å². The van der Waals surface area contributed by atoms with Crippen LogP contribution in [0.25, 0.3) is 0 Å². The molecule has 0 saturated carbocycles. The first-order valence-electron chi connectivity index (χ1n) is 6.67. The first kappa shape index (κ1) is 13.5. The molecule has 0 N–H and O–H groups in total. The molecule has 0 atom stereocenters. The molecule has 2 aliphatic rings. The number of hydrogen-bond donors (Lipinski definition) is 0. The highest BCUT2D eigenvalue weighted by Crippen LogP contribution is 2.38. The molecule has 1 aromatic rings. The van der Waals surface area contributed by atoms with Gasteiger partial charge in [-0.2, -0.15) is 0 Å². The first-order valence-corrected chi connectivity index (χ1v) is 6.67. The quantitative estimate of drug-likeness (QED) is 0.729. The number of nitrogens with zero attached hydrogens (tertiary/aromatic N) is 2. The summed E-state index contributed by atoms with van der Waals surface area (Å²) in [6, 6.07) is 1.90. The van der Waals surface area contributed by atoms with Gasteiger partial charge in [-0.15, -0.1) is 0 Å². The van der Waals surface area contributed by atoms with E-state index in [1.165, 1.54) is 0 Å². The summed E-state index contributed by atoms with van der Waals surface area (Å²) in [6.45, 7) is 11.9. The van der Waals surface area contributed by atoms with Crippen molar-refractivity contribution < 1.29 is 14.0 Å². The van der Waals surface area contributed by atoms with Crippen LogP contribution in [0.4, 0.5) is 5.82 Å². The van der Waals surface area contributed by atoms with Crippen LogP contribution in [-0.4, -0.2) is 30.4 Å². The zero-order chi connectivity index (χ0) is 14.7. The number of fused-ring (bicyclic) bond motifs is 1. The minimum Gasteiger partial charge on any atom is -0.438 e. The molecule has 3 heterocycles. The molecule has 1 saturated heterocycles. The van der Waals surface area contributed by atoms with Crippen LogP contribution >= 0.6 is 0 Å². The van der Waals surface area contributed by atoms with E-state index in [0.717, 1.165) is 11.3 Å². The third-order valence-corrected chi connectivity index (χ3v) is 4.30. The number of pyridine rings is 1. The molecular weight excluding hydrogens is 255 g/mol. The van der Waals surface area contributed by atoms with E-state index >= 15 is 0 Å². The van der Waals surface area contributed by atoms with Crippen molar-refractivity contribution in [3.63, 3.8) is 0 Å². The Hall–Kier alpha value is -1.53. The van der Waals surface area contributed by atoms with Gasteiger partial charge in [-0.25, -0.2) is 4.98 Å². The second-order valence-corrected chi connectivity index (χ2v) is 6.23. The number of ether oxygens (including phenoxy) is 1. The van der Waals surface area contributed by atoms with Crippen molar-refractivity contribution in [1.29, 1.82) is 0 Å². The molecule has 5 nitrogen and oxygen atoms in total. The van der Waals surface area contributed by atoms with Crippen molar-refractivity contribution in [3.05, 3.63) is 24.7 Å². The lowest BCUT2D eigenvalue weighted by molar-refractivity contribution is 0.00578. The summed E-state index contributed by atoms with van der Waals surface area (Å²) >= 11 is 0. The van der Waals surface area contributed by atoms with Crippen molar-refractivity contribution in [2.75, 3.05) is 11.9 Å². The summed E-state index contributed by atoms with van der Waals surface area (Å²) in [6.07, 6.45) is 1.76. The molecule has 20 heavy (non-hydrogen) atoms. The minimum atomic E-state index is -0.430. The van der Waals surface area contributed by atoms with E-state index in [0.29, 0.717) is 11.6 Å². The summed E-state index contributed by atoms with van der Waals surface area (Å²) in [5.74, 6) is 2.01. The Labute approximate surface area is 119 Å². The summed E-state index contributed by atoms with van der Waals surface area (Å²) in [5.41, 5.74) is 0.126. The molecule has 2 aliphatic heterocycles. The third-order valence-electron chi connectivity index (χ3n) is 4.30. The van der Waals surface area contributed by atoms with Gasteiger partial charge in [0.05, 0.1) is 11.2 Å². The average molecular weight is 274 g/mol. The van der Waals surface area contributed by atoms with Crippen molar-refractivity contribution in [1.82, 2.24) is 4.98 Å². The summed E-state index contributed by atoms with van der Waals surface area (Å²) in [5, 5.41) is 0. The van der Waals surface area contributed by atoms with Gasteiger partial charge < -0.3 is 14.0 Å². The average Bonchev–Trinajstić information content (AvgIpc) is 2.74. The first-order chi connectivity index (χ1) is 9.21. The number of hydrogen-bond acceptors (Lipinski definition) is 5. The maximum atomic E-state index is 6.01. The molecule has 0 bridgehead atoms. The predicted molar refractivity (Wildman–Crippen MR) is 78.1 cm³/mol. The van der Waals surface area contributed by atoms with E-state index in [1.807, 2.05) is 45.7 Å². The maximum absolute atomic E-state index is 6.01. The van der Waals surface area contributed by atoms with Crippen molar-refractivity contribution in [3.8, 4) is 5.75 Å². The highest BCUT2D eigenvalue weighted by Gasteiger charge is 2.52. The van der Waals surface area contributed by atoms with Gasteiger partial charge in [-0.05, 0) is 40.3 Å². The van der Waals surface area contributed by atoms with Crippen LogP contribution in [0.1, 0.15) is 27.7 Å². The highest BCUT2D eigenvalue weighted by atomic mass is 16.7. The van der Waals surface area contributed by atoms with Crippen LogP contribution in [0, 0.1) is 0 Å². The van der Waals surface area contributed by atoms with Gasteiger partial charge in [0.1, 0.15) is 0 Å². The van der Waals surface area contributed by atoms with Crippen LogP contribution in [-0.2, 0) is 9.31 Å². The van der Waals surface area contributed by atoms with Crippen LogP contribution < -0.4 is 15.1 Å². The summed E-state index contributed by atoms with van der Waals surface area (Å²) in [7, 11) is 1.44. The third kappa shape index (κ3) is 1.83. The Bertz CT molecular complexity index is 570. The zero-order valence-corrected chi connectivity index (χ0v) is 12.6. The molecular formula is C14H19BN2O3. The SMILES string of the molecule is C=C1Oc2cc(B3OC(C)(C)C(C)(C)O3)cnc2N1C. The van der Waals surface area contributed by atoms with E-state index in [1.54, 1.807) is 6.20 Å². The van der Waals surface area contributed by atoms with Gasteiger partial charge >= 0.3 is 7.12 Å². The van der Waals surface area contributed by atoms with Crippen molar-refractivity contribution in [2.45, 2.75) is 38.9 Å². The molecule has 106 valence electrons. The fraction of sp³-hybridized carbons (Fsp3) is 0.500. The Morgan fingerprint density at radius 1 is 1.20 bits per heavy atom. The second-order valence-electron chi connectivity index (χ2n) is 6.23. The van der Waals surface area contributed by atoms with Crippen LogP contribution in [0.2, 0.25) is 0 Å². The predicted octanol–water partition coefficient (Wildman–Crippen LogP) is 1.68. The molecule has 3 rings (SSSR count). The smallest absolute Gasteiger partial charge is 0.438 e. The normalized spacial score (nSPS) is 22.9. The van der Waals surface area contributed by atoms with Gasteiger partial charge in [0, 0.05) is 18.7 Å². The van der Waals surface area contributed by atoms with E-state index in [2.05, 4.69) is 11.6 Å². The molecule has 0 aromatic carbocycles. The minimum absolute atomic E-state index is 0.363. The number of anilines is 1. The maximum Gasteiger partial charge on any atom is 0.496 e. The van der Waals surface area contributed by atoms with Gasteiger partial charge in [0.15, 0.2) is 17.5 Å². The van der Waals surface area contributed by atoms with Gasteiger partial charge in [-0.1, -0.05) is 0 Å². The van der Waals surface area contributed by atoms with Crippen molar-refractivity contribution in [2.24, 2.45) is 0 Å². The molecule has 0 unspecified atom stereocenters. The number of rotatable bonds is 1. The van der Waals surface area contributed by atoms with Crippen LogP contribution in [0.5, 0.6) is 5.75 Å². The lowest BCUT2D eigenvalue weighted by Crippen LogP contribution is -2.41. The lowest BCUT2D eigenvalue weighted by atomic mass is 9.80. The standard InChI is InChI=1S/C14H19BN2O3/c1-9-17(6)12-11(18-9)7-10(8-16-12)15-19-13(2,3)14(4,5)20-15/h7-8H,1H2,2-6H3. The fourth-order valence-electron chi connectivity index (χ4n) is 2.20. The largest absolute Gasteiger partial charge is 0.496 e. The summed E-state index contributed by atoms with van der Waals surface area (Å²) < 4.78 is 17.6. The van der Waals surface area contributed by atoms with Crippen molar-refractivity contribution >= 4 is 18.4 Å². The second kappa shape index (κ2) is 3.99. The van der Waals surface area contributed by atoms with E-state index in [9.17, 15) is 0 Å². The van der Waals surface area contributed by atoms with Crippen LogP contribution in [0.15, 0.2) is 24.7 Å². The van der Waals surface area contributed by atoms with Crippen LogP contribution in [0.3, 0.4) is 0 Å². The van der Waals surface area contributed by atoms with E-state index in [-0.39, 0.29) is 11.2 Å². The molecule has 1 fully saturated rings.